The third-order valence-corrected chi connectivity index (χ3v) is 3.53. The van der Waals surface area contributed by atoms with Crippen molar-refractivity contribution in [1.82, 2.24) is 9.97 Å². The molecule has 1 heterocycles. The van der Waals surface area contributed by atoms with E-state index in [-0.39, 0.29) is 11.7 Å². The lowest BCUT2D eigenvalue weighted by atomic mass is 10.1. The van der Waals surface area contributed by atoms with Crippen molar-refractivity contribution in [2.45, 2.75) is 13.1 Å². The maximum absolute atomic E-state index is 12.7. The van der Waals surface area contributed by atoms with Crippen LogP contribution in [0.4, 0.5) is 18.9 Å². The Balaban J connectivity index is 1.68. The fraction of sp³-hybridized carbons (Fsp3) is 0.105. The van der Waals surface area contributed by atoms with Gasteiger partial charge in [0.15, 0.2) is 5.69 Å². The number of hydrogen-bond acceptors (Lipinski definition) is 4. The molecule has 27 heavy (non-hydrogen) atoms. The largest absolute Gasteiger partial charge is 0.433 e. The van der Waals surface area contributed by atoms with Gasteiger partial charge in [-0.25, -0.2) is 4.98 Å². The number of nitrogens with zero attached hydrogens (tertiary/aromatic N) is 2. The minimum atomic E-state index is -4.58. The van der Waals surface area contributed by atoms with Crippen molar-refractivity contribution in [3.05, 3.63) is 77.6 Å². The van der Waals surface area contributed by atoms with E-state index >= 15 is 0 Å². The molecule has 138 valence electrons. The maximum atomic E-state index is 12.7. The number of anilines is 1. The summed E-state index contributed by atoms with van der Waals surface area (Å²) in [5.74, 6) is -0.0311. The second-order valence-electron chi connectivity index (χ2n) is 5.67. The molecule has 0 saturated heterocycles. The van der Waals surface area contributed by atoms with Gasteiger partial charge in [0.05, 0.1) is 0 Å². The third-order valence-electron chi connectivity index (χ3n) is 3.53. The Morgan fingerprint density at radius 2 is 1.81 bits per heavy atom. The van der Waals surface area contributed by atoms with Gasteiger partial charge >= 0.3 is 12.2 Å². The summed E-state index contributed by atoms with van der Waals surface area (Å²) in [7, 11) is 0. The lowest BCUT2D eigenvalue weighted by Gasteiger charge is -2.09. The van der Waals surface area contributed by atoms with E-state index in [4.69, 9.17) is 4.74 Å². The van der Waals surface area contributed by atoms with E-state index in [9.17, 15) is 18.0 Å². The summed E-state index contributed by atoms with van der Waals surface area (Å²) >= 11 is 0. The predicted octanol–water partition coefficient (Wildman–Crippen LogP) is 4.85. The molecule has 0 aliphatic rings. The number of hydrogen-bond donors (Lipinski definition) is 1. The van der Waals surface area contributed by atoms with Crippen LogP contribution in [-0.4, -0.2) is 15.9 Å². The van der Waals surface area contributed by atoms with Crippen LogP contribution >= 0.6 is 0 Å². The van der Waals surface area contributed by atoms with Crippen LogP contribution in [0.5, 0.6) is 11.8 Å². The van der Waals surface area contributed by atoms with Gasteiger partial charge in [-0.05, 0) is 49.4 Å². The van der Waals surface area contributed by atoms with Gasteiger partial charge in [-0.15, -0.1) is 0 Å². The van der Waals surface area contributed by atoms with E-state index < -0.39 is 17.9 Å². The number of alkyl halides is 3. The fourth-order valence-electron chi connectivity index (χ4n) is 2.25. The molecule has 5 nitrogen and oxygen atoms in total. The van der Waals surface area contributed by atoms with Crippen molar-refractivity contribution in [3.8, 4) is 11.8 Å². The Hall–Kier alpha value is -3.42. The number of benzene rings is 2. The number of rotatable bonds is 4. The molecule has 0 saturated carbocycles. The van der Waals surface area contributed by atoms with E-state index in [1.807, 2.05) is 13.0 Å². The number of aryl methyl sites for hydroxylation is 1. The minimum absolute atomic E-state index is 0.239. The monoisotopic (exact) mass is 373 g/mol. The Morgan fingerprint density at radius 3 is 2.48 bits per heavy atom. The van der Waals surface area contributed by atoms with Gasteiger partial charge < -0.3 is 10.1 Å². The maximum Gasteiger partial charge on any atom is 0.433 e. The van der Waals surface area contributed by atoms with E-state index in [2.05, 4.69) is 15.3 Å². The summed E-state index contributed by atoms with van der Waals surface area (Å²) in [5, 5.41) is 2.73. The summed E-state index contributed by atoms with van der Waals surface area (Å²) in [6.07, 6.45) is -3.60. The van der Waals surface area contributed by atoms with Crippen molar-refractivity contribution in [1.29, 1.82) is 0 Å². The molecule has 0 atom stereocenters. The van der Waals surface area contributed by atoms with Gasteiger partial charge in [-0.2, -0.15) is 18.2 Å². The van der Waals surface area contributed by atoms with E-state index in [0.717, 1.165) is 17.8 Å². The first kappa shape index (κ1) is 18.4. The molecule has 0 unspecified atom stereocenters. The first-order valence-electron chi connectivity index (χ1n) is 7.87. The topological polar surface area (TPSA) is 64.1 Å². The highest BCUT2D eigenvalue weighted by molar-refractivity contribution is 6.04. The number of aromatic nitrogens is 2. The zero-order valence-electron chi connectivity index (χ0n) is 14.1. The molecule has 2 aromatic carbocycles. The summed E-state index contributed by atoms with van der Waals surface area (Å²) in [4.78, 5) is 19.2. The van der Waals surface area contributed by atoms with Crippen LogP contribution in [0.3, 0.4) is 0 Å². The van der Waals surface area contributed by atoms with Crippen LogP contribution < -0.4 is 10.1 Å². The number of amides is 1. The Labute approximate surface area is 152 Å². The molecule has 3 rings (SSSR count). The van der Waals surface area contributed by atoms with Crippen molar-refractivity contribution < 1.29 is 22.7 Å². The van der Waals surface area contributed by atoms with Gasteiger partial charge in [-0.3, -0.25) is 4.79 Å². The fourth-order valence-corrected chi connectivity index (χ4v) is 2.25. The molecule has 8 heteroatoms. The Bertz CT molecular complexity index is 957. The first-order chi connectivity index (χ1) is 12.8. The Kier molecular flexibility index (Phi) is 5.07. The van der Waals surface area contributed by atoms with Crippen LogP contribution in [-0.2, 0) is 6.18 Å². The first-order valence-corrected chi connectivity index (χ1v) is 7.87. The highest BCUT2D eigenvalue weighted by atomic mass is 19.4. The molecule has 0 spiro atoms. The molecule has 0 fully saturated rings. The van der Waals surface area contributed by atoms with E-state index in [0.29, 0.717) is 11.3 Å². The lowest BCUT2D eigenvalue weighted by Crippen LogP contribution is -2.11. The second-order valence-corrected chi connectivity index (χ2v) is 5.67. The highest BCUT2D eigenvalue weighted by Crippen LogP contribution is 2.29. The van der Waals surface area contributed by atoms with Crippen LogP contribution in [0.1, 0.15) is 21.6 Å². The summed E-state index contributed by atoms with van der Waals surface area (Å²) in [5.41, 5.74) is 0.911. The highest BCUT2D eigenvalue weighted by Gasteiger charge is 2.33. The number of carbonyl (C=O) groups is 1. The molecule has 1 N–H and O–H groups in total. The molecule has 0 bridgehead atoms. The van der Waals surface area contributed by atoms with Crippen LogP contribution in [0, 0.1) is 6.92 Å². The van der Waals surface area contributed by atoms with Crippen molar-refractivity contribution in [2.24, 2.45) is 0 Å². The number of carbonyl (C=O) groups excluding carboxylic acids is 1. The normalized spacial score (nSPS) is 11.1. The molecule has 0 aliphatic heterocycles. The summed E-state index contributed by atoms with van der Waals surface area (Å²) in [6, 6.07) is 13.6. The quantitative estimate of drug-likeness (QED) is 0.710. The van der Waals surface area contributed by atoms with Gasteiger partial charge in [0.2, 0.25) is 0 Å². The predicted molar refractivity (Wildman–Crippen MR) is 92.7 cm³/mol. The van der Waals surface area contributed by atoms with Crippen molar-refractivity contribution in [3.63, 3.8) is 0 Å². The van der Waals surface area contributed by atoms with Crippen LogP contribution in [0.15, 0.2) is 60.8 Å². The lowest BCUT2D eigenvalue weighted by molar-refractivity contribution is -0.141. The molecular formula is C19H14F3N3O2. The Morgan fingerprint density at radius 1 is 1.07 bits per heavy atom. The molecule has 0 radical (unpaired) electrons. The zero-order chi connectivity index (χ0) is 19.4. The summed E-state index contributed by atoms with van der Waals surface area (Å²) < 4.78 is 43.2. The number of nitrogens with one attached hydrogen (secondary N) is 1. The standard InChI is InChI=1S/C19H14F3N3O2/c1-12-3-2-4-13(11-12)17(26)24-14-5-7-15(8-6-14)27-18-23-10-9-16(25-18)19(20,21)22/h2-11H,1H3,(H,24,26). The smallest absolute Gasteiger partial charge is 0.424 e. The van der Waals surface area contributed by atoms with Gasteiger partial charge in [0, 0.05) is 17.4 Å². The zero-order valence-corrected chi connectivity index (χ0v) is 14.1. The molecule has 0 aliphatic carbocycles. The average molecular weight is 373 g/mol. The minimum Gasteiger partial charge on any atom is -0.424 e. The van der Waals surface area contributed by atoms with Crippen LogP contribution in [0.25, 0.3) is 0 Å². The number of ether oxygens (including phenoxy) is 1. The molecular weight excluding hydrogens is 359 g/mol. The van der Waals surface area contributed by atoms with Crippen LogP contribution in [0.2, 0.25) is 0 Å². The molecule has 1 aromatic heterocycles. The molecule has 1 amide bonds. The van der Waals surface area contributed by atoms with Crippen molar-refractivity contribution >= 4 is 11.6 Å². The third kappa shape index (κ3) is 4.81. The second kappa shape index (κ2) is 7.45. The van der Waals surface area contributed by atoms with E-state index in [1.165, 1.54) is 12.1 Å². The van der Waals surface area contributed by atoms with Gasteiger partial charge in [0.1, 0.15) is 5.75 Å². The number of halogens is 3. The van der Waals surface area contributed by atoms with Crippen molar-refractivity contribution in [2.75, 3.05) is 5.32 Å². The SMILES string of the molecule is Cc1cccc(C(=O)Nc2ccc(Oc3nccc(C(F)(F)F)n3)cc2)c1. The van der Waals surface area contributed by atoms with Gasteiger partial charge in [0.25, 0.3) is 5.91 Å². The molecule has 3 aromatic rings. The average Bonchev–Trinajstić information content (AvgIpc) is 2.63. The van der Waals surface area contributed by atoms with Gasteiger partial charge in [-0.1, -0.05) is 17.7 Å². The summed E-state index contributed by atoms with van der Waals surface area (Å²) in [6.45, 7) is 1.89. The van der Waals surface area contributed by atoms with E-state index in [1.54, 1.807) is 30.3 Å².